The van der Waals surface area contributed by atoms with Crippen molar-refractivity contribution in [2.75, 3.05) is 12.4 Å². The van der Waals surface area contributed by atoms with Gasteiger partial charge in [-0.15, -0.1) is 0 Å². The number of rotatable bonds is 7. The van der Waals surface area contributed by atoms with E-state index in [2.05, 4.69) is 13.8 Å². The molecular weight excluding hydrogens is 239 g/mol. The van der Waals surface area contributed by atoms with Crippen LogP contribution in [0.15, 0.2) is 0 Å². The monoisotopic (exact) mass is 264 g/mol. The van der Waals surface area contributed by atoms with Gasteiger partial charge in [0, 0.05) is 11.4 Å². The summed E-state index contributed by atoms with van der Waals surface area (Å²) in [5.41, 5.74) is 0.337. The van der Waals surface area contributed by atoms with E-state index in [1.807, 2.05) is 0 Å². The predicted molar refractivity (Wildman–Crippen MR) is 73.5 cm³/mol. The first kappa shape index (κ1) is 14.6. The molecule has 0 bridgehead atoms. The van der Waals surface area contributed by atoms with Gasteiger partial charge in [0.25, 0.3) is 6.57 Å². The van der Waals surface area contributed by atoms with E-state index in [9.17, 15) is 4.57 Å². The van der Waals surface area contributed by atoms with Gasteiger partial charge in [-0.1, -0.05) is 44.5 Å². The van der Waals surface area contributed by atoms with Crippen molar-refractivity contribution in [3.63, 3.8) is 0 Å². The van der Waals surface area contributed by atoms with Gasteiger partial charge in [-0.3, -0.25) is 4.57 Å². The van der Waals surface area contributed by atoms with Gasteiger partial charge in [0.2, 0.25) is 0 Å². The van der Waals surface area contributed by atoms with E-state index in [1.54, 1.807) is 11.4 Å². The quantitative estimate of drug-likeness (QED) is 0.600. The topological polar surface area (TPSA) is 26.3 Å². The minimum Gasteiger partial charge on any atom is -0.321 e. The van der Waals surface area contributed by atoms with Crippen LogP contribution in [0.25, 0.3) is 0 Å². The molecule has 0 N–H and O–H groups in total. The summed E-state index contributed by atoms with van der Waals surface area (Å²) in [6.07, 6.45) is 8.03. The Labute approximate surface area is 104 Å². The number of hydrogen-bond donors (Lipinski definition) is 0. The Kier molecular flexibility index (Phi) is 7.11. The lowest BCUT2D eigenvalue weighted by molar-refractivity contribution is 0.310. The van der Waals surface area contributed by atoms with Crippen molar-refractivity contribution in [1.29, 1.82) is 0 Å². The Morgan fingerprint density at radius 3 is 2.44 bits per heavy atom. The molecule has 0 aliphatic heterocycles. The molecule has 0 radical (unpaired) electrons. The molecule has 1 atom stereocenters. The molecule has 0 aromatic carbocycles. The van der Waals surface area contributed by atoms with E-state index in [-0.39, 0.29) is 0 Å². The number of hydrogen-bond acceptors (Lipinski definition) is 3. The third kappa shape index (κ3) is 4.43. The van der Waals surface area contributed by atoms with Gasteiger partial charge < -0.3 is 4.52 Å². The second kappa shape index (κ2) is 7.79. The van der Waals surface area contributed by atoms with Crippen molar-refractivity contribution in [3.8, 4) is 0 Å². The van der Waals surface area contributed by atoms with Crippen molar-refractivity contribution in [2.24, 2.45) is 0 Å². The molecule has 1 saturated carbocycles. The lowest BCUT2D eigenvalue weighted by atomic mass is 10.0. The average Bonchev–Trinajstić information content (AvgIpc) is 2.35. The maximum absolute atomic E-state index is 12.8. The minimum absolute atomic E-state index is 0.337. The predicted octanol–water partition coefficient (Wildman–Crippen LogP) is 5.08. The fraction of sp³-hybridized carbons (Fsp3) is 1.00. The highest BCUT2D eigenvalue weighted by Gasteiger charge is 2.35. The molecule has 0 saturated heterocycles. The largest absolute Gasteiger partial charge is 0.321 e. The van der Waals surface area contributed by atoms with Crippen LogP contribution >= 0.6 is 18.0 Å². The molecule has 0 aromatic rings. The molecule has 1 aliphatic carbocycles. The second-order valence-electron chi connectivity index (χ2n) is 4.50. The molecule has 1 rings (SSSR count). The van der Waals surface area contributed by atoms with Crippen LogP contribution in [0.1, 0.15) is 58.8 Å². The maximum atomic E-state index is 12.8. The Morgan fingerprint density at radius 2 is 1.88 bits per heavy atom. The molecule has 1 unspecified atom stereocenters. The van der Waals surface area contributed by atoms with Crippen LogP contribution in [-0.4, -0.2) is 18.0 Å². The van der Waals surface area contributed by atoms with E-state index in [0.717, 1.165) is 31.4 Å². The standard InChI is InChI=1S/C12H25O2PS/c1-3-10-14-15(13,16-11-4-2)12-8-6-5-7-9-12/h12H,3-11H2,1-2H3. The molecule has 0 heterocycles. The zero-order valence-corrected chi connectivity index (χ0v) is 12.3. The van der Waals surface area contributed by atoms with Crippen molar-refractivity contribution < 1.29 is 9.09 Å². The van der Waals surface area contributed by atoms with Gasteiger partial charge in [-0.2, -0.15) is 0 Å². The van der Waals surface area contributed by atoms with Crippen LogP contribution in [0.5, 0.6) is 0 Å². The highest BCUT2D eigenvalue weighted by Crippen LogP contribution is 2.66. The second-order valence-corrected chi connectivity index (χ2v) is 9.53. The Morgan fingerprint density at radius 1 is 1.19 bits per heavy atom. The van der Waals surface area contributed by atoms with Gasteiger partial charge in [0.15, 0.2) is 0 Å². The summed E-state index contributed by atoms with van der Waals surface area (Å²) in [7, 11) is 0. The first-order valence-electron chi connectivity index (χ1n) is 6.61. The van der Waals surface area contributed by atoms with Gasteiger partial charge in [0.1, 0.15) is 0 Å². The molecular formula is C12H25O2PS. The minimum atomic E-state index is -2.41. The third-order valence-electron chi connectivity index (χ3n) is 2.97. The molecule has 1 aliphatic rings. The van der Waals surface area contributed by atoms with E-state index in [0.29, 0.717) is 12.3 Å². The molecule has 4 heteroatoms. The van der Waals surface area contributed by atoms with E-state index in [1.165, 1.54) is 19.3 Å². The molecule has 1 fully saturated rings. The van der Waals surface area contributed by atoms with Crippen molar-refractivity contribution in [2.45, 2.75) is 64.5 Å². The summed E-state index contributed by atoms with van der Waals surface area (Å²) < 4.78 is 18.6. The molecule has 16 heavy (non-hydrogen) atoms. The lowest BCUT2D eigenvalue weighted by Gasteiger charge is -2.29. The maximum Gasteiger partial charge on any atom is 0.260 e. The van der Waals surface area contributed by atoms with Gasteiger partial charge in [-0.25, -0.2) is 0 Å². The Hall–Kier alpha value is 0.540. The van der Waals surface area contributed by atoms with Crippen LogP contribution in [0.2, 0.25) is 0 Å². The summed E-state index contributed by atoms with van der Waals surface area (Å²) in [5, 5.41) is 0. The van der Waals surface area contributed by atoms with E-state index >= 15 is 0 Å². The third-order valence-corrected chi connectivity index (χ3v) is 8.71. The molecule has 2 nitrogen and oxygen atoms in total. The summed E-state index contributed by atoms with van der Waals surface area (Å²) in [5.74, 6) is 0.970. The summed E-state index contributed by atoms with van der Waals surface area (Å²) in [6, 6.07) is 0. The van der Waals surface area contributed by atoms with Crippen LogP contribution in [0.3, 0.4) is 0 Å². The van der Waals surface area contributed by atoms with Crippen LogP contribution in [0, 0.1) is 0 Å². The van der Waals surface area contributed by atoms with Crippen LogP contribution < -0.4 is 0 Å². The zero-order chi connectivity index (χ0) is 11.9. The smallest absolute Gasteiger partial charge is 0.260 e. The lowest BCUT2D eigenvalue weighted by Crippen LogP contribution is -2.14. The Bertz CT molecular complexity index is 215. The SMILES string of the molecule is CCCOP(=O)(SCCC)C1CCCCC1. The molecule has 96 valence electrons. The molecule has 0 amide bonds. The average molecular weight is 264 g/mol. The first-order chi connectivity index (χ1) is 7.73. The summed E-state index contributed by atoms with van der Waals surface area (Å²) in [4.78, 5) is 0. The zero-order valence-electron chi connectivity index (χ0n) is 10.6. The molecule has 0 aromatic heterocycles. The van der Waals surface area contributed by atoms with Crippen molar-refractivity contribution in [1.82, 2.24) is 0 Å². The van der Waals surface area contributed by atoms with Gasteiger partial charge >= 0.3 is 0 Å². The fourth-order valence-corrected chi connectivity index (χ4v) is 7.47. The van der Waals surface area contributed by atoms with Crippen LogP contribution in [-0.2, 0) is 9.09 Å². The summed E-state index contributed by atoms with van der Waals surface area (Å²) >= 11 is 1.60. The fourth-order valence-electron chi connectivity index (χ4n) is 2.08. The Balaban J connectivity index is 2.56. The summed E-state index contributed by atoms with van der Waals surface area (Å²) in [6.45, 7) is 2.46. The van der Waals surface area contributed by atoms with Crippen LogP contribution in [0.4, 0.5) is 0 Å². The highest BCUT2D eigenvalue weighted by atomic mass is 32.7. The normalized spacial score (nSPS) is 21.9. The van der Waals surface area contributed by atoms with Crippen molar-refractivity contribution >= 4 is 18.0 Å². The molecule has 0 spiro atoms. The van der Waals surface area contributed by atoms with Gasteiger partial charge in [-0.05, 0) is 25.7 Å². The van der Waals surface area contributed by atoms with E-state index < -0.39 is 6.57 Å². The van der Waals surface area contributed by atoms with Gasteiger partial charge in [0.05, 0.1) is 6.61 Å². The highest BCUT2D eigenvalue weighted by molar-refractivity contribution is 8.56. The first-order valence-corrected chi connectivity index (χ1v) is 9.90. The van der Waals surface area contributed by atoms with Crippen molar-refractivity contribution in [3.05, 3.63) is 0 Å². The van der Waals surface area contributed by atoms with E-state index in [4.69, 9.17) is 4.52 Å².